The van der Waals surface area contributed by atoms with E-state index in [1.807, 2.05) is 0 Å². The Balaban J connectivity index is 2.91. The third kappa shape index (κ3) is 3.81. The van der Waals surface area contributed by atoms with Crippen molar-refractivity contribution in [1.82, 2.24) is 0 Å². The molecule has 1 rings (SSSR count). The maximum Gasteiger partial charge on any atom is 0.0792 e. The first kappa shape index (κ1) is 11.9. The van der Waals surface area contributed by atoms with Crippen LogP contribution in [0.4, 0.5) is 5.69 Å². The molecule has 0 saturated carbocycles. The smallest absolute Gasteiger partial charge is 0.0792 e. The van der Waals surface area contributed by atoms with E-state index in [2.05, 4.69) is 57.5 Å². The van der Waals surface area contributed by atoms with Gasteiger partial charge in [0.1, 0.15) is 0 Å². The van der Waals surface area contributed by atoms with Crippen molar-refractivity contribution in [3.63, 3.8) is 0 Å². The van der Waals surface area contributed by atoms with Gasteiger partial charge in [-0.15, -0.1) is 11.3 Å². The van der Waals surface area contributed by atoms with Gasteiger partial charge >= 0.3 is 0 Å². The Hall–Kier alpha value is -1.20. The molecule has 0 spiro atoms. The Labute approximate surface area is 96.2 Å². The molecule has 0 amide bonds. The number of rotatable bonds is 2. The highest BCUT2D eigenvalue weighted by molar-refractivity contribution is 7.13. The van der Waals surface area contributed by atoms with Crippen molar-refractivity contribution in [2.24, 2.45) is 5.41 Å². The average molecular weight is 219 g/mol. The molecular weight excluding hydrogens is 202 g/mol. The second-order valence-corrected chi connectivity index (χ2v) is 5.69. The summed E-state index contributed by atoms with van der Waals surface area (Å²) in [6.07, 6.45) is 1.69. The fourth-order valence-corrected chi connectivity index (χ4v) is 1.88. The second kappa shape index (κ2) is 4.55. The number of anilines is 1. The van der Waals surface area contributed by atoms with Crippen LogP contribution in [-0.2, 0) is 0 Å². The summed E-state index contributed by atoms with van der Waals surface area (Å²) in [5.41, 5.74) is 1.16. The summed E-state index contributed by atoms with van der Waals surface area (Å²) in [4.78, 5) is 2.35. The van der Waals surface area contributed by atoms with Crippen LogP contribution in [0.25, 0.3) is 0 Å². The Morgan fingerprint density at radius 2 is 2.13 bits per heavy atom. The van der Waals surface area contributed by atoms with Gasteiger partial charge in [0.2, 0.25) is 0 Å². The van der Waals surface area contributed by atoms with Gasteiger partial charge in [-0.25, -0.2) is 0 Å². The Morgan fingerprint density at radius 1 is 1.47 bits per heavy atom. The molecule has 0 saturated heterocycles. The van der Waals surface area contributed by atoms with Gasteiger partial charge in [0, 0.05) is 10.3 Å². The van der Waals surface area contributed by atoms with Gasteiger partial charge in [-0.2, -0.15) is 0 Å². The number of nitrogens with one attached hydrogen (secondary N) is 1. The minimum absolute atomic E-state index is 0.0594. The lowest BCUT2D eigenvalue weighted by molar-refractivity contribution is 0.571. The fourth-order valence-electron chi connectivity index (χ4n) is 1.05. The van der Waals surface area contributed by atoms with E-state index in [0.29, 0.717) is 0 Å². The van der Waals surface area contributed by atoms with Gasteiger partial charge in [-0.05, 0) is 40.0 Å². The quantitative estimate of drug-likeness (QED) is 0.741. The first-order valence-corrected chi connectivity index (χ1v) is 5.75. The molecule has 0 bridgehead atoms. The Kier molecular flexibility index (Phi) is 3.60. The fraction of sp³-hybridized carbons (Fsp3) is 0.385. The monoisotopic (exact) mass is 219 g/mol. The van der Waals surface area contributed by atoms with Crippen LogP contribution in [0.3, 0.4) is 0 Å². The average Bonchev–Trinajstić information content (AvgIpc) is 2.44. The minimum Gasteiger partial charge on any atom is -0.361 e. The minimum atomic E-state index is 0.0594. The molecule has 1 aromatic heterocycles. The van der Waals surface area contributed by atoms with E-state index in [0.717, 1.165) is 10.6 Å². The topological polar surface area (TPSA) is 12.0 Å². The van der Waals surface area contributed by atoms with Crippen LogP contribution in [0.1, 0.15) is 30.5 Å². The van der Waals surface area contributed by atoms with Crippen LogP contribution >= 0.6 is 11.3 Å². The third-order valence-corrected chi connectivity index (χ3v) is 2.70. The van der Waals surface area contributed by atoms with Crippen molar-refractivity contribution in [2.45, 2.75) is 27.7 Å². The van der Waals surface area contributed by atoms with E-state index in [1.54, 1.807) is 17.5 Å². The summed E-state index contributed by atoms with van der Waals surface area (Å²) in [6.45, 7) is 12.1. The summed E-state index contributed by atoms with van der Waals surface area (Å²) < 4.78 is 0. The number of hydrogen-bond acceptors (Lipinski definition) is 2. The van der Waals surface area contributed by atoms with Crippen molar-refractivity contribution in [2.75, 3.05) is 5.32 Å². The van der Waals surface area contributed by atoms with Gasteiger partial charge in [-0.1, -0.05) is 18.4 Å². The zero-order valence-corrected chi connectivity index (χ0v) is 10.6. The van der Waals surface area contributed by atoms with Crippen molar-refractivity contribution in [3.05, 3.63) is 28.6 Å². The lowest BCUT2D eigenvalue weighted by Gasteiger charge is -2.06. The largest absolute Gasteiger partial charge is 0.361 e. The molecule has 80 valence electrons. The van der Waals surface area contributed by atoms with Crippen molar-refractivity contribution >= 4 is 17.0 Å². The maximum absolute atomic E-state index is 3.65. The molecule has 1 aromatic rings. The first-order chi connectivity index (χ1) is 6.92. The van der Waals surface area contributed by atoms with Crippen molar-refractivity contribution < 1.29 is 0 Å². The molecule has 0 atom stereocenters. The second-order valence-electron chi connectivity index (χ2n) is 4.43. The summed E-state index contributed by atoms with van der Waals surface area (Å²) in [5, 5.41) is 3.10. The SMILES string of the molecule is C=CNc1cc(C#CC(C)(C)C)sc1C. The van der Waals surface area contributed by atoms with E-state index < -0.39 is 0 Å². The summed E-state index contributed by atoms with van der Waals surface area (Å²) >= 11 is 1.71. The van der Waals surface area contributed by atoms with Gasteiger partial charge in [0.25, 0.3) is 0 Å². The van der Waals surface area contributed by atoms with Crippen LogP contribution in [-0.4, -0.2) is 0 Å². The van der Waals surface area contributed by atoms with Crippen LogP contribution in [0, 0.1) is 24.2 Å². The summed E-state index contributed by atoms with van der Waals surface area (Å²) in [6, 6.07) is 2.07. The first-order valence-electron chi connectivity index (χ1n) is 4.93. The van der Waals surface area contributed by atoms with E-state index in [4.69, 9.17) is 0 Å². The van der Waals surface area contributed by atoms with Crippen LogP contribution in [0.2, 0.25) is 0 Å². The number of thiophene rings is 1. The third-order valence-electron chi connectivity index (χ3n) is 1.74. The van der Waals surface area contributed by atoms with Gasteiger partial charge in [0.05, 0.1) is 10.6 Å². The molecule has 1 heterocycles. The molecule has 0 aliphatic carbocycles. The highest BCUT2D eigenvalue weighted by atomic mass is 32.1. The van der Waals surface area contributed by atoms with Gasteiger partial charge in [-0.3, -0.25) is 0 Å². The summed E-state index contributed by atoms with van der Waals surface area (Å²) in [7, 11) is 0. The molecule has 1 nitrogen and oxygen atoms in total. The van der Waals surface area contributed by atoms with E-state index in [-0.39, 0.29) is 5.41 Å². The normalized spacial score (nSPS) is 10.4. The molecule has 1 N–H and O–H groups in total. The van der Waals surface area contributed by atoms with Crippen LogP contribution < -0.4 is 5.32 Å². The standard InChI is InChI=1S/C13H17NS/c1-6-14-12-9-11(15-10(12)2)7-8-13(3,4)5/h6,9,14H,1H2,2-5H3. The van der Waals surface area contributed by atoms with E-state index in [1.165, 1.54) is 4.88 Å². The highest BCUT2D eigenvalue weighted by Crippen LogP contribution is 2.25. The number of hydrogen-bond donors (Lipinski definition) is 1. The molecule has 0 aliphatic heterocycles. The lowest BCUT2D eigenvalue weighted by Crippen LogP contribution is -1.98. The maximum atomic E-state index is 3.65. The van der Waals surface area contributed by atoms with Crippen LogP contribution in [0.15, 0.2) is 18.8 Å². The zero-order chi connectivity index (χ0) is 11.5. The van der Waals surface area contributed by atoms with Crippen molar-refractivity contribution in [3.8, 4) is 11.8 Å². The van der Waals surface area contributed by atoms with E-state index in [9.17, 15) is 0 Å². The number of aryl methyl sites for hydroxylation is 1. The predicted molar refractivity (Wildman–Crippen MR) is 69.2 cm³/mol. The van der Waals surface area contributed by atoms with Gasteiger partial charge in [0.15, 0.2) is 0 Å². The molecule has 0 aliphatic rings. The molecule has 2 heteroatoms. The van der Waals surface area contributed by atoms with Gasteiger partial charge < -0.3 is 5.32 Å². The molecule has 0 aromatic carbocycles. The molecule has 15 heavy (non-hydrogen) atoms. The van der Waals surface area contributed by atoms with Crippen molar-refractivity contribution in [1.29, 1.82) is 0 Å². The summed E-state index contributed by atoms with van der Waals surface area (Å²) in [5.74, 6) is 6.43. The Morgan fingerprint density at radius 3 is 2.67 bits per heavy atom. The van der Waals surface area contributed by atoms with E-state index >= 15 is 0 Å². The Bertz CT molecular complexity index is 410. The molecule has 0 unspecified atom stereocenters. The molecule has 0 fully saturated rings. The predicted octanol–water partition coefficient (Wildman–Crippen LogP) is 4.01. The zero-order valence-electron chi connectivity index (χ0n) is 9.77. The molecular formula is C13H17NS. The molecule has 0 radical (unpaired) electrons. The lowest BCUT2D eigenvalue weighted by atomic mass is 9.98. The highest BCUT2D eigenvalue weighted by Gasteiger charge is 2.05. The van der Waals surface area contributed by atoms with Crippen LogP contribution in [0.5, 0.6) is 0 Å².